The van der Waals surface area contributed by atoms with Crippen molar-refractivity contribution in [2.24, 2.45) is 0 Å². The number of carbonyl (C=O) groups is 2. The molecule has 7 heteroatoms. The number of amides is 2. The Bertz CT molecular complexity index is 517. The Labute approximate surface area is 118 Å². The molecular formula is C13H21N5O2. The third kappa shape index (κ3) is 2.76. The average Bonchev–Trinajstić information content (AvgIpc) is 3.05. The monoisotopic (exact) mass is 279 g/mol. The van der Waals surface area contributed by atoms with Crippen LogP contribution in [-0.4, -0.2) is 46.1 Å². The van der Waals surface area contributed by atoms with Crippen LogP contribution in [0.3, 0.4) is 0 Å². The van der Waals surface area contributed by atoms with Gasteiger partial charge in [0.1, 0.15) is 5.69 Å². The number of carbonyl (C=O) groups excluding carboxylic acids is 2. The van der Waals surface area contributed by atoms with E-state index in [1.165, 1.54) is 0 Å². The summed E-state index contributed by atoms with van der Waals surface area (Å²) in [6.07, 6.45) is 2.07. The van der Waals surface area contributed by atoms with Crippen LogP contribution in [0.5, 0.6) is 0 Å². The maximum Gasteiger partial charge on any atom is 0.272 e. The number of hydrogen-bond acceptors (Lipinski definition) is 4. The zero-order chi connectivity index (χ0) is 14.7. The van der Waals surface area contributed by atoms with Crippen molar-refractivity contribution in [3.8, 4) is 0 Å². The predicted molar refractivity (Wildman–Crippen MR) is 75.2 cm³/mol. The van der Waals surface area contributed by atoms with Crippen molar-refractivity contribution in [3.05, 3.63) is 11.4 Å². The molecule has 1 aliphatic rings. The summed E-state index contributed by atoms with van der Waals surface area (Å²) in [6, 6.07) is 0. The van der Waals surface area contributed by atoms with E-state index in [-0.39, 0.29) is 18.4 Å². The second kappa shape index (κ2) is 5.94. The maximum absolute atomic E-state index is 12.2. The fourth-order valence-electron chi connectivity index (χ4n) is 2.38. The van der Waals surface area contributed by atoms with Crippen LogP contribution >= 0.6 is 0 Å². The molecule has 1 aromatic rings. The first kappa shape index (κ1) is 14.4. The van der Waals surface area contributed by atoms with Crippen molar-refractivity contribution in [1.29, 1.82) is 0 Å². The highest BCUT2D eigenvalue weighted by Gasteiger charge is 2.22. The first-order valence-corrected chi connectivity index (χ1v) is 6.93. The van der Waals surface area contributed by atoms with E-state index in [4.69, 9.17) is 5.73 Å². The lowest BCUT2D eigenvalue weighted by Crippen LogP contribution is -2.39. The molecule has 2 amide bonds. The molecule has 3 N–H and O–H groups in total. The molecule has 0 radical (unpaired) electrons. The lowest BCUT2D eigenvalue weighted by molar-refractivity contribution is -0.129. The van der Waals surface area contributed by atoms with Gasteiger partial charge in [-0.25, -0.2) is 0 Å². The Morgan fingerprint density at radius 1 is 1.35 bits per heavy atom. The molecule has 0 aromatic carbocycles. The minimum atomic E-state index is -0.350. The molecule has 2 heterocycles. The van der Waals surface area contributed by atoms with E-state index in [1.807, 2.05) is 6.92 Å². The van der Waals surface area contributed by atoms with Crippen molar-refractivity contribution >= 4 is 17.5 Å². The molecule has 0 aliphatic carbocycles. The fourth-order valence-corrected chi connectivity index (χ4v) is 2.38. The van der Waals surface area contributed by atoms with E-state index >= 15 is 0 Å². The zero-order valence-corrected chi connectivity index (χ0v) is 12.0. The normalized spacial score (nSPS) is 14.6. The maximum atomic E-state index is 12.2. The third-order valence-electron chi connectivity index (χ3n) is 3.55. The van der Waals surface area contributed by atoms with Crippen LogP contribution in [-0.2, 0) is 11.3 Å². The average molecular weight is 279 g/mol. The number of aromatic nitrogens is 2. The summed E-state index contributed by atoms with van der Waals surface area (Å²) in [5.41, 5.74) is 7.20. The molecule has 0 bridgehead atoms. The quantitative estimate of drug-likeness (QED) is 0.820. The zero-order valence-electron chi connectivity index (χ0n) is 12.0. The highest BCUT2D eigenvalue weighted by molar-refractivity contribution is 5.99. The minimum Gasteiger partial charge on any atom is -0.395 e. The van der Waals surface area contributed by atoms with Gasteiger partial charge in [0.05, 0.1) is 17.9 Å². The molecule has 0 spiro atoms. The standard InChI is InChI=1S/C13H21N5O2/c1-3-18-12(11(14)9(2)16-18)13(20)15-8-10(19)17-6-4-5-7-17/h3-8,14H2,1-2H3,(H,15,20). The first-order chi connectivity index (χ1) is 9.54. The molecule has 0 unspecified atom stereocenters. The van der Waals surface area contributed by atoms with Crippen LogP contribution in [0.15, 0.2) is 0 Å². The van der Waals surface area contributed by atoms with Crippen molar-refractivity contribution in [3.63, 3.8) is 0 Å². The smallest absolute Gasteiger partial charge is 0.272 e. The Kier molecular flexibility index (Phi) is 4.26. The van der Waals surface area contributed by atoms with Gasteiger partial charge in [0, 0.05) is 19.6 Å². The summed E-state index contributed by atoms with van der Waals surface area (Å²) in [6.45, 7) is 5.77. The number of nitrogens with zero attached hydrogens (tertiary/aromatic N) is 3. The Balaban J connectivity index is 1.99. The number of rotatable bonds is 4. The van der Waals surface area contributed by atoms with Crippen LogP contribution < -0.4 is 11.1 Å². The van der Waals surface area contributed by atoms with Crippen molar-refractivity contribution in [2.45, 2.75) is 33.2 Å². The molecule has 1 saturated heterocycles. The van der Waals surface area contributed by atoms with E-state index in [1.54, 1.807) is 16.5 Å². The van der Waals surface area contributed by atoms with Crippen LogP contribution in [0.4, 0.5) is 5.69 Å². The largest absolute Gasteiger partial charge is 0.395 e. The van der Waals surface area contributed by atoms with Gasteiger partial charge in [-0.3, -0.25) is 14.3 Å². The second-order valence-corrected chi connectivity index (χ2v) is 4.93. The Morgan fingerprint density at radius 3 is 2.60 bits per heavy atom. The van der Waals surface area contributed by atoms with Crippen LogP contribution in [0.2, 0.25) is 0 Å². The van der Waals surface area contributed by atoms with Gasteiger partial charge in [0.25, 0.3) is 5.91 Å². The topological polar surface area (TPSA) is 93.2 Å². The molecular weight excluding hydrogens is 258 g/mol. The lowest BCUT2D eigenvalue weighted by atomic mass is 10.3. The van der Waals surface area contributed by atoms with Gasteiger partial charge < -0.3 is 16.0 Å². The Hall–Kier alpha value is -2.05. The molecule has 110 valence electrons. The van der Waals surface area contributed by atoms with Crippen molar-refractivity contribution < 1.29 is 9.59 Å². The van der Waals surface area contributed by atoms with Crippen molar-refractivity contribution in [2.75, 3.05) is 25.4 Å². The van der Waals surface area contributed by atoms with Gasteiger partial charge in [-0.05, 0) is 26.7 Å². The van der Waals surface area contributed by atoms with E-state index in [2.05, 4.69) is 10.4 Å². The number of likely N-dealkylation sites (tertiary alicyclic amines) is 1. The van der Waals surface area contributed by atoms with Gasteiger partial charge >= 0.3 is 0 Å². The van der Waals surface area contributed by atoms with E-state index in [9.17, 15) is 9.59 Å². The molecule has 20 heavy (non-hydrogen) atoms. The van der Waals surface area contributed by atoms with Crippen LogP contribution in [0.1, 0.15) is 35.9 Å². The number of nitrogens with one attached hydrogen (secondary N) is 1. The highest BCUT2D eigenvalue weighted by atomic mass is 16.2. The predicted octanol–water partition coefficient (Wildman–Crippen LogP) is 0.146. The molecule has 7 nitrogen and oxygen atoms in total. The number of nitrogens with two attached hydrogens (primary N) is 1. The number of nitrogen functional groups attached to an aromatic ring is 1. The van der Waals surface area contributed by atoms with Gasteiger partial charge in [-0.2, -0.15) is 5.10 Å². The second-order valence-electron chi connectivity index (χ2n) is 4.93. The van der Waals surface area contributed by atoms with E-state index in [0.29, 0.717) is 23.6 Å². The molecule has 0 atom stereocenters. The molecule has 1 aromatic heterocycles. The molecule has 1 fully saturated rings. The lowest BCUT2D eigenvalue weighted by Gasteiger charge is -2.15. The summed E-state index contributed by atoms with van der Waals surface area (Å²) >= 11 is 0. The minimum absolute atomic E-state index is 0.00617. The summed E-state index contributed by atoms with van der Waals surface area (Å²) < 4.78 is 1.56. The number of aryl methyl sites for hydroxylation is 2. The van der Waals surface area contributed by atoms with E-state index < -0.39 is 0 Å². The summed E-state index contributed by atoms with van der Waals surface area (Å²) in [7, 11) is 0. The molecule has 2 rings (SSSR count). The summed E-state index contributed by atoms with van der Waals surface area (Å²) in [4.78, 5) is 25.8. The first-order valence-electron chi connectivity index (χ1n) is 6.93. The third-order valence-corrected chi connectivity index (χ3v) is 3.55. The molecule has 0 saturated carbocycles. The van der Waals surface area contributed by atoms with Crippen LogP contribution in [0.25, 0.3) is 0 Å². The Morgan fingerprint density at radius 2 is 2.00 bits per heavy atom. The van der Waals surface area contributed by atoms with E-state index in [0.717, 1.165) is 25.9 Å². The highest BCUT2D eigenvalue weighted by Crippen LogP contribution is 2.16. The number of anilines is 1. The van der Waals surface area contributed by atoms with Gasteiger partial charge in [-0.15, -0.1) is 0 Å². The van der Waals surface area contributed by atoms with Gasteiger partial charge in [-0.1, -0.05) is 0 Å². The summed E-state index contributed by atoms with van der Waals surface area (Å²) in [5.74, 6) is -0.397. The summed E-state index contributed by atoms with van der Waals surface area (Å²) in [5, 5.41) is 6.82. The van der Waals surface area contributed by atoms with Crippen molar-refractivity contribution in [1.82, 2.24) is 20.0 Å². The fraction of sp³-hybridized carbons (Fsp3) is 0.615. The van der Waals surface area contributed by atoms with Gasteiger partial charge in [0.15, 0.2) is 0 Å². The van der Waals surface area contributed by atoms with Crippen LogP contribution in [0, 0.1) is 6.92 Å². The number of hydrogen-bond donors (Lipinski definition) is 2. The SMILES string of the molecule is CCn1nc(C)c(N)c1C(=O)NCC(=O)N1CCCC1. The van der Waals surface area contributed by atoms with Gasteiger partial charge in [0.2, 0.25) is 5.91 Å². The molecule has 1 aliphatic heterocycles.